The number of hydrogen-bond donors (Lipinski definition) is 0. The standard InChI is InChI=1S/C22H20F2N2O2/c1-28-16-4-2-14(3-5-16)22(27)15-9-12-26(13-10-15)19-8-11-25-21-18(24)7-6-17(23)20(19)21/h2-8,11,15H,9-10,12-13H2,1H3. The van der Waals surface area contributed by atoms with Gasteiger partial charge in [-0.2, -0.15) is 0 Å². The first-order valence-corrected chi connectivity index (χ1v) is 9.24. The number of carbonyl (C=O) groups excluding carboxylic acids is 1. The highest BCUT2D eigenvalue weighted by molar-refractivity contribution is 5.98. The lowest BCUT2D eigenvalue weighted by atomic mass is 9.88. The summed E-state index contributed by atoms with van der Waals surface area (Å²) in [5.74, 6) is -0.289. The van der Waals surface area contributed by atoms with E-state index in [1.165, 1.54) is 6.20 Å². The van der Waals surface area contributed by atoms with Crippen LogP contribution in [0.15, 0.2) is 48.7 Å². The summed E-state index contributed by atoms with van der Waals surface area (Å²) in [6, 6.07) is 11.0. The Kier molecular flexibility index (Phi) is 4.94. The molecule has 4 nitrogen and oxygen atoms in total. The summed E-state index contributed by atoms with van der Waals surface area (Å²) in [5, 5.41) is 0.197. The van der Waals surface area contributed by atoms with Crippen molar-refractivity contribution in [2.24, 2.45) is 5.92 Å². The summed E-state index contributed by atoms with van der Waals surface area (Å²) in [6.45, 7) is 1.20. The van der Waals surface area contributed by atoms with E-state index in [1.807, 2.05) is 4.90 Å². The summed E-state index contributed by atoms with van der Waals surface area (Å²) in [7, 11) is 1.59. The van der Waals surface area contributed by atoms with Crippen molar-refractivity contribution < 1.29 is 18.3 Å². The molecule has 0 bridgehead atoms. The van der Waals surface area contributed by atoms with Crippen molar-refractivity contribution in [3.05, 3.63) is 65.9 Å². The highest BCUT2D eigenvalue weighted by Crippen LogP contribution is 2.33. The van der Waals surface area contributed by atoms with E-state index in [4.69, 9.17) is 4.74 Å². The molecule has 2 heterocycles. The Morgan fingerprint density at radius 1 is 1.04 bits per heavy atom. The van der Waals surface area contributed by atoms with E-state index in [1.54, 1.807) is 37.4 Å². The van der Waals surface area contributed by atoms with Crippen LogP contribution in [0.25, 0.3) is 10.9 Å². The molecule has 2 aromatic carbocycles. The summed E-state index contributed by atoms with van der Waals surface area (Å²) >= 11 is 0. The highest BCUT2D eigenvalue weighted by Gasteiger charge is 2.27. The number of Topliss-reactive ketones (excluding diaryl/α,β-unsaturated/α-hetero) is 1. The van der Waals surface area contributed by atoms with Crippen LogP contribution in [0, 0.1) is 17.6 Å². The van der Waals surface area contributed by atoms with E-state index >= 15 is 0 Å². The minimum absolute atomic E-state index is 0.0360. The monoisotopic (exact) mass is 382 g/mol. The van der Waals surface area contributed by atoms with Gasteiger partial charge in [0.05, 0.1) is 18.2 Å². The topological polar surface area (TPSA) is 42.4 Å². The van der Waals surface area contributed by atoms with E-state index in [0.717, 1.165) is 12.1 Å². The number of aromatic nitrogens is 1. The van der Waals surface area contributed by atoms with Crippen LogP contribution in [0.5, 0.6) is 5.75 Å². The van der Waals surface area contributed by atoms with Crippen molar-refractivity contribution in [1.29, 1.82) is 0 Å². The fraction of sp³-hybridized carbons (Fsp3) is 0.273. The highest BCUT2D eigenvalue weighted by atomic mass is 19.1. The molecule has 1 aliphatic heterocycles. The van der Waals surface area contributed by atoms with E-state index < -0.39 is 11.6 Å². The molecular formula is C22H20F2N2O2. The van der Waals surface area contributed by atoms with E-state index in [0.29, 0.717) is 42.9 Å². The van der Waals surface area contributed by atoms with Crippen LogP contribution in [0.4, 0.5) is 14.5 Å². The maximum absolute atomic E-state index is 14.4. The normalized spacial score (nSPS) is 15.0. The van der Waals surface area contributed by atoms with Crippen molar-refractivity contribution in [3.63, 3.8) is 0 Å². The van der Waals surface area contributed by atoms with Gasteiger partial charge in [0.25, 0.3) is 0 Å². The minimum Gasteiger partial charge on any atom is -0.497 e. The van der Waals surface area contributed by atoms with Gasteiger partial charge in [0.1, 0.15) is 22.9 Å². The number of nitrogens with zero attached hydrogens (tertiary/aromatic N) is 2. The van der Waals surface area contributed by atoms with E-state index in [9.17, 15) is 13.6 Å². The molecule has 1 aliphatic rings. The first-order valence-electron chi connectivity index (χ1n) is 9.24. The van der Waals surface area contributed by atoms with Crippen molar-refractivity contribution in [1.82, 2.24) is 4.98 Å². The summed E-state index contributed by atoms with van der Waals surface area (Å²) < 4.78 is 33.5. The lowest BCUT2D eigenvalue weighted by Crippen LogP contribution is -2.36. The van der Waals surface area contributed by atoms with Gasteiger partial charge in [-0.05, 0) is 55.3 Å². The lowest BCUT2D eigenvalue weighted by molar-refractivity contribution is 0.0900. The summed E-state index contributed by atoms with van der Waals surface area (Å²) in [6.07, 6.45) is 2.81. The average Bonchev–Trinajstić information content (AvgIpc) is 2.76. The Labute approximate surface area is 161 Å². The molecule has 3 aromatic rings. The third kappa shape index (κ3) is 3.30. The van der Waals surface area contributed by atoms with Crippen molar-refractivity contribution >= 4 is 22.4 Å². The number of ether oxygens (including phenoxy) is 1. The Morgan fingerprint density at radius 3 is 2.39 bits per heavy atom. The first kappa shape index (κ1) is 18.3. The van der Waals surface area contributed by atoms with Crippen LogP contribution in [-0.4, -0.2) is 31.0 Å². The third-order valence-corrected chi connectivity index (χ3v) is 5.35. The smallest absolute Gasteiger partial charge is 0.166 e. The second kappa shape index (κ2) is 7.54. The molecule has 0 saturated carbocycles. The molecule has 28 heavy (non-hydrogen) atoms. The second-order valence-corrected chi connectivity index (χ2v) is 6.94. The van der Waals surface area contributed by atoms with Crippen molar-refractivity contribution in [2.75, 3.05) is 25.1 Å². The number of rotatable bonds is 4. The quantitative estimate of drug-likeness (QED) is 0.618. The number of methoxy groups -OCH3 is 1. The number of benzene rings is 2. The summed E-state index contributed by atoms with van der Waals surface area (Å²) in [5.41, 5.74) is 1.33. The third-order valence-electron chi connectivity index (χ3n) is 5.35. The Hall–Kier alpha value is -3.02. The maximum Gasteiger partial charge on any atom is 0.166 e. The Balaban J connectivity index is 1.52. The predicted molar refractivity (Wildman–Crippen MR) is 104 cm³/mol. The molecule has 0 unspecified atom stereocenters. The SMILES string of the molecule is COc1ccc(C(=O)C2CCN(c3ccnc4c(F)ccc(F)c34)CC2)cc1. The van der Waals surface area contributed by atoms with Crippen LogP contribution >= 0.6 is 0 Å². The maximum atomic E-state index is 14.4. The first-order chi connectivity index (χ1) is 13.6. The van der Waals surface area contributed by atoms with Crippen LogP contribution in [-0.2, 0) is 0 Å². The zero-order chi connectivity index (χ0) is 19.7. The predicted octanol–water partition coefficient (Wildman–Crippen LogP) is 4.62. The van der Waals surface area contributed by atoms with Crippen LogP contribution in [0.1, 0.15) is 23.2 Å². The van der Waals surface area contributed by atoms with Crippen molar-refractivity contribution in [3.8, 4) is 5.75 Å². The minimum atomic E-state index is -0.539. The van der Waals surface area contributed by atoms with Gasteiger partial charge in [-0.1, -0.05) is 0 Å². The van der Waals surface area contributed by atoms with Crippen molar-refractivity contribution in [2.45, 2.75) is 12.8 Å². The summed E-state index contributed by atoms with van der Waals surface area (Å²) in [4.78, 5) is 18.8. The molecule has 0 aliphatic carbocycles. The fourth-order valence-corrected chi connectivity index (χ4v) is 3.81. The molecule has 144 valence electrons. The second-order valence-electron chi connectivity index (χ2n) is 6.94. The van der Waals surface area contributed by atoms with E-state index in [2.05, 4.69) is 4.98 Å². The number of fused-ring (bicyclic) bond motifs is 1. The van der Waals surface area contributed by atoms with Gasteiger partial charge < -0.3 is 9.64 Å². The van der Waals surface area contributed by atoms with Gasteiger partial charge in [0.15, 0.2) is 5.78 Å². The molecule has 0 spiro atoms. The zero-order valence-corrected chi connectivity index (χ0v) is 15.5. The molecule has 1 saturated heterocycles. The number of halogens is 2. The number of carbonyl (C=O) groups is 1. The molecular weight excluding hydrogens is 362 g/mol. The molecule has 0 N–H and O–H groups in total. The molecule has 0 radical (unpaired) electrons. The number of pyridine rings is 1. The molecule has 0 atom stereocenters. The van der Waals surface area contributed by atoms with Gasteiger partial charge in [-0.15, -0.1) is 0 Å². The lowest BCUT2D eigenvalue weighted by Gasteiger charge is -2.33. The fourth-order valence-electron chi connectivity index (χ4n) is 3.81. The van der Waals surface area contributed by atoms with Crippen LogP contribution in [0.2, 0.25) is 0 Å². The van der Waals surface area contributed by atoms with E-state index in [-0.39, 0.29) is 22.6 Å². The Bertz CT molecular complexity index is 1010. The van der Waals surface area contributed by atoms with Gasteiger partial charge in [-0.25, -0.2) is 8.78 Å². The van der Waals surface area contributed by atoms with Gasteiger partial charge in [0.2, 0.25) is 0 Å². The average molecular weight is 382 g/mol. The number of anilines is 1. The zero-order valence-electron chi connectivity index (χ0n) is 15.5. The van der Waals surface area contributed by atoms with Crippen LogP contribution in [0.3, 0.4) is 0 Å². The largest absolute Gasteiger partial charge is 0.497 e. The number of piperidine rings is 1. The number of hydrogen-bond acceptors (Lipinski definition) is 4. The number of ketones is 1. The van der Waals surface area contributed by atoms with Gasteiger partial charge >= 0.3 is 0 Å². The Morgan fingerprint density at radius 2 is 1.71 bits per heavy atom. The molecule has 1 aromatic heterocycles. The molecule has 6 heteroatoms. The van der Waals surface area contributed by atoms with Gasteiger partial charge in [-0.3, -0.25) is 9.78 Å². The molecule has 1 fully saturated rings. The van der Waals surface area contributed by atoms with Crippen LogP contribution < -0.4 is 9.64 Å². The molecule has 0 amide bonds. The van der Waals surface area contributed by atoms with Gasteiger partial charge in [0, 0.05) is 30.8 Å². The molecule has 4 rings (SSSR count).